The smallest absolute Gasteiger partial charge is 0.281 e. The van der Waals surface area contributed by atoms with Crippen LogP contribution >= 0.6 is 23.8 Å². The summed E-state index contributed by atoms with van der Waals surface area (Å²) < 4.78 is 0. The zero-order chi connectivity index (χ0) is 17.3. The lowest BCUT2D eigenvalue weighted by Gasteiger charge is -2.13. The van der Waals surface area contributed by atoms with Gasteiger partial charge in [-0.15, -0.1) is 0 Å². The Balaban J connectivity index is 1.86. The van der Waals surface area contributed by atoms with Crippen LogP contribution in [0.2, 0.25) is 5.02 Å². The molecule has 1 amide bonds. The van der Waals surface area contributed by atoms with Crippen molar-refractivity contribution in [3.05, 3.63) is 70.4 Å². The molecule has 1 heterocycles. The number of benzene rings is 2. The summed E-state index contributed by atoms with van der Waals surface area (Å²) in [5, 5.41) is 3.97. The standard InChI is InChI=1S/C19H17ClN2OS/c1-12(2)14-5-3-13(4-6-14)11-17-18(23)22(19(24)21-17)16-9-7-15(20)8-10-16/h3-12H,1-2H3,(H,21,24). The SMILES string of the molecule is CC(C)c1ccc(C=C2NC(=S)N(c3ccc(Cl)cc3)C2=O)cc1. The van der Waals surface area contributed by atoms with Gasteiger partial charge >= 0.3 is 0 Å². The summed E-state index contributed by atoms with van der Waals surface area (Å²) in [6.45, 7) is 4.30. The Hall–Kier alpha value is -2.17. The van der Waals surface area contributed by atoms with Crippen molar-refractivity contribution in [3.63, 3.8) is 0 Å². The Morgan fingerprint density at radius 1 is 1.08 bits per heavy atom. The number of nitrogens with one attached hydrogen (secondary N) is 1. The van der Waals surface area contributed by atoms with E-state index >= 15 is 0 Å². The fourth-order valence-corrected chi connectivity index (χ4v) is 2.93. The molecule has 0 radical (unpaired) electrons. The molecule has 2 aromatic carbocycles. The van der Waals surface area contributed by atoms with Gasteiger partial charge in [0.1, 0.15) is 5.70 Å². The lowest BCUT2D eigenvalue weighted by atomic mass is 10.0. The number of rotatable bonds is 3. The largest absolute Gasteiger partial charge is 0.327 e. The molecule has 5 heteroatoms. The van der Waals surface area contributed by atoms with Crippen LogP contribution in [0.5, 0.6) is 0 Å². The first-order valence-corrected chi connectivity index (χ1v) is 8.47. The van der Waals surface area contributed by atoms with Crippen LogP contribution in [0.1, 0.15) is 30.9 Å². The summed E-state index contributed by atoms with van der Waals surface area (Å²) in [4.78, 5) is 14.1. The topological polar surface area (TPSA) is 32.3 Å². The maximum Gasteiger partial charge on any atom is 0.281 e. The first-order chi connectivity index (χ1) is 11.5. The highest BCUT2D eigenvalue weighted by molar-refractivity contribution is 7.80. The van der Waals surface area contributed by atoms with Crippen LogP contribution in [-0.2, 0) is 4.79 Å². The predicted molar refractivity (Wildman–Crippen MR) is 103 cm³/mol. The van der Waals surface area contributed by atoms with Gasteiger partial charge in [0.05, 0.1) is 5.69 Å². The van der Waals surface area contributed by atoms with Crippen molar-refractivity contribution in [1.82, 2.24) is 5.32 Å². The summed E-state index contributed by atoms with van der Waals surface area (Å²) in [6, 6.07) is 15.2. The van der Waals surface area contributed by atoms with Gasteiger partial charge in [-0.2, -0.15) is 0 Å². The summed E-state index contributed by atoms with van der Waals surface area (Å²) in [5.74, 6) is 0.307. The second kappa shape index (κ2) is 6.75. The fourth-order valence-electron chi connectivity index (χ4n) is 2.50. The number of anilines is 1. The maximum atomic E-state index is 12.7. The predicted octanol–water partition coefficient (Wildman–Crippen LogP) is 4.73. The van der Waals surface area contributed by atoms with Crippen molar-refractivity contribution >= 4 is 46.6 Å². The summed E-state index contributed by atoms with van der Waals surface area (Å²) in [6.07, 6.45) is 1.81. The molecule has 1 fully saturated rings. The Morgan fingerprint density at radius 3 is 2.29 bits per heavy atom. The van der Waals surface area contributed by atoms with Crippen LogP contribution in [0.15, 0.2) is 54.2 Å². The highest BCUT2D eigenvalue weighted by Crippen LogP contribution is 2.24. The third kappa shape index (κ3) is 3.35. The number of carbonyl (C=O) groups is 1. The van der Waals surface area contributed by atoms with Gasteiger partial charge < -0.3 is 5.32 Å². The molecule has 24 heavy (non-hydrogen) atoms. The Labute approximate surface area is 151 Å². The number of nitrogens with zero attached hydrogens (tertiary/aromatic N) is 1. The third-order valence-corrected chi connectivity index (χ3v) is 4.41. The molecule has 0 spiro atoms. The lowest BCUT2D eigenvalue weighted by molar-refractivity contribution is -0.113. The Bertz CT molecular complexity index is 810. The van der Waals surface area contributed by atoms with Crippen LogP contribution in [0, 0.1) is 0 Å². The van der Waals surface area contributed by atoms with Crippen molar-refractivity contribution in [2.45, 2.75) is 19.8 Å². The Morgan fingerprint density at radius 2 is 1.71 bits per heavy atom. The van der Waals surface area contributed by atoms with E-state index in [0.717, 1.165) is 5.56 Å². The average Bonchev–Trinajstić information content (AvgIpc) is 2.83. The first-order valence-electron chi connectivity index (χ1n) is 7.68. The minimum atomic E-state index is -0.171. The van der Waals surface area contributed by atoms with Crippen LogP contribution in [-0.4, -0.2) is 11.0 Å². The van der Waals surface area contributed by atoms with Gasteiger partial charge in [0.2, 0.25) is 0 Å². The highest BCUT2D eigenvalue weighted by Gasteiger charge is 2.31. The summed E-state index contributed by atoms with van der Waals surface area (Å²) in [5.41, 5.74) is 3.38. The molecule has 122 valence electrons. The van der Waals surface area contributed by atoms with E-state index < -0.39 is 0 Å². The number of thiocarbonyl (C=S) groups is 1. The van der Waals surface area contributed by atoms with E-state index in [1.165, 1.54) is 10.5 Å². The van der Waals surface area contributed by atoms with E-state index in [2.05, 4.69) is 31.3 Å². The van der Waals surface area contributed by atoms with Gasteiger partial charge in [0, 0.05) is 5.02 Å². The molecule has 0 bridgehead atoms. The van der Waals surface area contributed by atoms with Crippen molar-refractivity contribution < 1.29 is 4.79 Å². The zero-order valence-corrected chi connectivity index (χ0v) is 15.0. The Kier molecular flexibility index (Phi) is 4.69. The fraction of sp³-hybridized carbons (Fsp3) is 0.158. The third-order valence-electron chi connectivity index (χ3n) is 3.88. The molecule has 0 aromatic heterocycles. The molecule has 0 unspecified atom stereocenters. The highest BCUT2D eigenvalue weighted by atomic mass is 35.5. The number of carbonyl (C=O) groups excluding carboxylic acids is 1. The van der Waals surface area contributed by atoms with E-state index in [9.17, 15) is 4.79 Å². The van der Waals surface area contributed by atoms with Gasteiger partial charge in [0.15, 0.2) is 5.11 Å². The molecule has 0 saturated carbocycles. The monoisotopic (exact) mass is 356 g/mol. The van der Waals surface area contributed by atoms with Gasteiger partial charge in [-0.05, 0) is 59.6 Å². The minimum Gasteiger partial charge on any atom is -0.327 e. The maximum absolute atomic E-state index is 12.7. The average molecular weight is 357 g/mol. The molecule has 3 rings (SSSR count). The molecule has 1 aliphatic rings. The van der Waals surface area contributed by atoms with E-state index in [0.29, 0.717) is 27.4 Å². The van der Waals surface area contributed by atoms with E-state index in [-0.39, 0.29) is 5.91 Å². The van der Waals surface area contributed by atoms with E-state index in [1.807, 2.05) is 18.2 Å². The second-order valence-electron chi connectivity index (χ2n) is 5.93. The van der Waals surface area contributed by atoms with E-state index in [1.54, 1.807) is 24.3 Å². The molecular formula is C19H17ClN2OS. The second-order valence-corrected chi connectivity index (χ2v) is 6.75. The van der Waals surface area contributed by atoms with Crippen molar-refractivity contribution in [2.75, 3.05) is 4.90 Å². The number of amides is 1. The van der Waals surface area contributed by atoms with E-state index in [4.69, 9.17) is 23.8 Å². The molecule has 2 aromatic rings. The first kappa shape index (κ1) is 16.7. The molecule has 0 aliphatic carbocycles. The van der Waals surface area contributed by atoms with Crippen LogP contribution in [0.3, 0.4) is 0 Å². The zero-order valence-electron chi connectivity index (χ0n) is 13.4. The summed E-state index contributed by atoms with van der Waals surface area (Å²) in [7, 11) is 0. The van der Waals surface area contributed by atoms with Crippen molar-refractivity contribution in [2.24, 2.45) is 0 Å². The number of hydrogen-bond acceptors (Lipinski definition) is 2. The molecule has 3 nitrogen and oxygen atoms in total. The van der Waals surface area contributed by atoms with Crippen LogP contribution in [0.25, 0.3) is 6.08 Å². The van der Waals surface area contributed by atoms with Gasteiger partial charge in [0.25, 0.3) is 5.91 Å². The lowest BCUT2D eigenvalue weighted by Crippen LogP contribution is -2.30. The summed E-state index contributed by atoms with van der Waals surface area (Å²) >= 11 is 11.2. The molecule has 1 N–H and O–H groups in total. The molecular weight excluding hydrogens is 340 g/mol. The van der Waals surface area contributed by atoms with Gasteiger partial charge in [-0.25, -0.2) is 0 Å². The molecule has 1 aliphatic heterocycles. The number of halogens is 1. The molecule has 0 atom stereocenters. The van der Waals surface area contributed by atoms with Crippen LogP contribution < -0.4 is 10.2 Å². The van der Waals surface area contributed by atoms with Crippen molar-refractivity contribution in [1.29, 1.82) is 0 Å². The van der Waals surface area contributed by atoms with Gasteiger partial charge in [-0.3, -0.25) is 9.69 Å². The number of hydrogen-bond donors (Lipinski definition) is 1. The normalized spacial score (nSPS) is 16.2. The van der Waals surface area contributed by atoms with Gasteiger partial charge in [-0.1, -0.05) is 49.7 Å². The minimum absolute atomic E-state index is 0.171. The van der Waals surface area contributed by atoms with Crippen molar-refractivity contribution in [3.8, 4) is 0 Å². The quantitative estimate of drug-likeness (QED) is 0.637. The van der Waals surface area contributed by atoms with Crippen LogP contribution in [0.4, 0.5) is 5.69 Å². The molecule has 1 saturated heterocycles.